The highest BCUT2D eigenvalue weighted by Gasteiger charge is 2.42. The van der Waals surface area contributed by atoms with E-state index in [-0.39, 0.29) is 60.0 Å². The van der Waals surface area contributed by atoms with Gasteiger partial charge in [0.05, 0.1) is 17.6 Å². The van der Waals surface area contributed by atoms with Crippen LogP contribution in [0.3, 0.4) is 0 Å². The van der Waals surface area contributed by atoms with Crippen LogP contribution in [-0.4, -0.2) is 90.3 Å². The molecule has 5 unspecified atom stereocenters. The molecular formula is C33H47N9O7S. The van der Waals surface area contributed by atoms with Crippen molar-refractivity contribution in [3.8, 4) is 5.75 Å². The number of amides is 6. The van der Waals surface area contributed by atoms with Gasteiger partial charge in [0.1, 0.15) is 11.9 Å². The number of benzene rings is 1. The maximum absolute atomic E-state index is 13.0. The molecule has 5 atom stereocenters. The number of fused-ring (bicyclic) bond motifs is 1. The Labute approximate surface area is 295 Å². The number of phenols is 1. The molecule has 0 saturated carbocycles. The van der Waals surface area contributed by atoms with Gasteiger partial charge in [0.2, 0.25) is 11.8 Å². The molecule has 3 aliphatic rings. The lowest BCUT2D eigenvalue weighted by atomic mass is 9.79. The van der Waals surface area contributed by atoms with Gasteiger partial charge >= 0.3 is 12.1 Å². The molecule has 2 aliphatic heterocycles. The van der Waals surface area contributed by atoms with E-state index in [2.05, 4.69) is 41.9 Å². The van der Waals surface area contributed by atoms with Crippen molar-refractivity contribution in [2.75, 3.05) is 31.9 Å². The average molecular weight is 714 g/mol. The van der Waals surface area contributed by atoms with Crippen LogP contribution in [0.1, 0.15) is 75.1 Å². The number of carbonyl (C=O) groups excluding carboxylic acids is 5. The first-order chi connectivity index (χ1) is 24.1. The first-order valence-electron chi connectivity index (χ1n) is 17.1. The number of alkyl carbamates (subject to hydrolysis) is 1. The Kier molecular flexibility index (Phi) is 14.5. The number of ether oxygens (including phenoxy) is 1. The minimum Gasteiger partial charge on any atom is -0.507 e. The minimum absolute atomic E-state index is 0.00407. The number of thioether (sulfide) groups is 1. The summed E-state index contributed by atoms with van der Waals surface area (Å²) in [6.07, 6.45) is 8.69. The lowest BCUT2D eigenvalue weighted by Crippen LogP contribution is -2.40. The molecule has 50 heavy (non-hydrogen) atoms. The molecule has 4 rings (SSSR count). The summed E-state index contributed by atoms with van der Waals surface area (Å²) in [5.74, 6) is 0.00300. The van der Waals surface area contributed by atoms with Crippen molar-refractivity contribution in [3.05, 3.63) is 46.4 Å². The van der Waals surface area contributed by atoms with E-state index in [1.165, 1.54) is 18.2 Å². The predicted molar refractivity (Wildman–Crippen MR) is 188 cm³/mol. The number of nitrogens with zero attached hydrogens (tertiary/aromatic N) is 3. The molecule has 6 amide bonds. The Morgan fingerprint density at radius 1 is 1.08 bits per heavy atom. The fourth-order valence-electron chi connectivity index (χ4n) is 6.21. The molecule has 2 fully saturated rings. The zero-order chi connectivity index (χ0) is 35.9. The number of urea groups is 1. The molecule has 17 heteroatoms. The number of hydrogen-bond acceptors (Lipinski definition) is 9. The van der Waals surface area contributed by atoms with Crippen LogP contribution in [0.4, 0.5) is 15.3 Å². The lowest BCUT2D eigenvalue weighted by Gasteiger charge is -2.29. The molecule has 2 heterocycles. The summed E-state index contributed by atoms with van der Waals surface area (Å²) in [6.45, 7) is 3.06. The molecule has 0 spiro atoms. The monoisotopic (exact) mass is 713 g/mol. The van der Waals surface area contributed by atoms with Crippen LogP contribution >= 0.6 is 11.8 Å². The largest absolute Gasteiger partial charge is 0.507 e. The summed E-state index contributed by atoms with van der Waals surface area (Å²) in [5.41, 5.74) is 8.05. The van der Waals surface area contributed by atoms with Crippen LogP contribution in [0, 0.1) is 5.41 Å². The highest BCUT2D eigenvalue weighted by Crippen LogP contribution is 2.34. The summed E-state index contributed by atoms with van der Waals surface area (Å²) in [5, 5.41) is 30.8. The SMILES string of the molecule is CC1(C(=O)NCCCNC(=O)CCCCC2SCC3NC(=O)NC32)C/C=C/C(OC(=O)NCCNC(=O)c2ccc(N=[N+]=[N-])cc2O)CCC1. The average Bonchev–Trinajstić information content (AvgIpc) is 3.62. The van der Waals surface area contributed by atoms with E-state index in [4.69, 9.17) is 10.3 Å². The van der Waals surface area contributed by atoms with E-state index < -0.39 is 23.5 Å². The topological polar surface area (TPSA) is 236 Å². The molecule has 16 nitrogen and oxygen atoms in total. The van der Waals surface area contributed by atoms with E-state index >= 15 is 0 Å². The zero-order valence-electron chi connectivity index (χ0n) is 28.2. The molecule has 0 aromatic heterocycles. The number of phenolic OH excluding ortho intramolecular Hbond substituents is 1. The van der Waals surface area contributed by atoms with E-state index in [0.29, 0.717) is 56.9 Å². The number of rotatable bonds is 16. The predicted octanol–water partition coefficient (Wildman–Crippen LogP) is 3.64. The summed E-state index contributed by atoms with van der Waals surface area (Å²) in [4.78, 5) is 64.1. The Bertz CT molecular complexity index is 1470. The van der Waals surface area contributed by atoms with Gasteiger partial charge < -0.3 is 41.7 Å². The smallest absolute Gasteiger partial charge is 0.407 e. The van der Waals surface area contributed by atoms with Gasteiger partial charge in [-0.1, -0.05) is 30.6 Å². The maximum Gasteiger partial charge on any atom is 0.407 e. The van der Waals surface area contributed by atoms with Crippen molar-refractivity contribution in [2.45, 2.75) is 88.1 Å². The van der Waals surface area contributed by atoms with E-state index in [1.54, 1.807) is 6.08 Å². The minimum atomic E-state index is -0.636. The van der Waals surface area contributed by atoms with Crippen molar-refractivity contribution in [1.29, 1.82) is 0 Å². The van der Waals surface area contributed by atoms with E-state index in [0.717, 1.165) is 25.0 Å². The molecule has 1 aromatic carbocycles. The molecule has 0 bridgehead atoms. The normalized spacial score (nSPS) is 24.5. The molecular weight excluding hydrogens is 666 g/mol. The van der Waals surface area contributed by atoms with Gasteiger partial charge in [0, 0.05) is 59.6 Å². The Morgan fingerprint density at radius 3 is 2.68 bits per heavy atom. The van der Waals surface area contributed by atoms with Gasteiger partial charge in [0.15, 0.2) is 0 Å². The molecule has 1 aliphatic carbocycles. The standard InChI is InChI=1S/C33H47N9O7S/c1-33(30(46)37-16-6-15-35-27(44)10-3-2-9-26-28-24(20-50-26)39-31(47)40-28)13-4-7-22(8-5-14-33)49-32(48)38-18-17-36-29(45)23-12-11-21(41-42-34)19-25(23)43/h4,7,11-12,19,22,24,26,28,43H,2-3,5-6,8-10,13-18,20H2,1H3,(H,35,44)(H,36,45)(H,37,46)(H,38,48)(H2,39,40,47)/b7-4+. The second kappa shape index (κ2) is 18.9. The Hall–Kier alpha value is -4.63. The van der Waals surface area contributed by atoms with Crippen molar-refractivity contribution in [3.63, 3.8) is 0 Å². The summed E-state index contributed by atoms with van der Waals surface area (Å²) < 4.78 is 5.50. The van der Waals surface area contributed by atoms with Gasteiger partial charge in [-0.15, -0.1) is 0 Å². The molecule has 7 N–H and O–H groups in total. The Morgan fingerprint density at radius 2 is 1.88 bits per heavy atom. The summed E-state index contributed by atoms with van der Waals surface area (Å²) in [6, 6.07) is 4.23. The van der Waals surface area contributed by atoms with Crippen molar-refractivity contribution >= 4 is 47.3 Å². The highest BCUT2D eigenvalue weighted by atomic mass is 32.2. The van der Waals surface area contributed by atoms with Gasteiger partial charge in [-0.2, -0.15) is 11.8 Å². The van der Waals surface area contributed by atoms with Crippen LogP contribution in [-0.2, 0) is 14.3 Å². The number of azide groups is 1. The number of aromatic hydroxyl groups is 1. The van der Waals surface area contributed by atoms with Gasteiger partial charge in [0.25, 0.3) is 5.91 Å². The number of unbranched alkanes of at least 4 members (excludes halogenated alkanes) is 1. The van der Waals surface area contributed by atoms with Crippen LogP contribution in [0.15, 0.2) is 35.5 Å². The highest BCUT2D eigenvalue weighted by molar-refractivity contribution is 8.00. The molecule has 272 valence electrons. The summed E-state index contributed by atoms with van der Waals surface area (Å²) >= 11 is 1.88. The molecule has 1 aromatic rings. The second-order valence-corrected chi connectivity index (χ2v) is 14.2. The third kappa shape index (κ3) is 11.5. The van der Waals surface area contributed by atoms with Crippen molar-refractivity contribution < 1.29 is 33.8 Å². The first kappa shape index (κ1) is 38.2. The number of hydrogen-bond donors (Lipinski definition) is 7. The third-order valence-electron chi connectivity index (χ3n) is 9.05. The fourth-order valence-corrected chi connectivity index (χ4v) is 7.75. The zero-order valence-corrected chi connectivity index (χ0v) is 29.1. The second-order valence-electron chi connectivity index (χ2n) is 12.9. The number of carbonyl (C=O) groups is 5. The maximum atomic E-state index is 13.0. The fraction of sp³-hybridized carbons (Fsp3) is 0.606. The van der Waals surface area contributed by atoms with E-state index in [9.17, 15) is 29.1 Å². The molecule has 0 radical (unpaired) electrons. The summed E-state index contributed by atoms with van der Waals surface area (Å²) in [7, 11) is 0. The van der Waals surface area contributed by atoms with Crippen molar-refractivity contribution in [1.82, 2.24) is 31.9 Å². The van der Waals surface area contributed by atoms with Gasteiger partial charge in [-0.25, -0.2) is 9.59 Å². The van der Waals surface area contributed by atoms with Crippen LogP contribution in [0.5, 0.6) is 5.75 Å². The molecule has 2 saturated heterocycles. The van der Waals surface area contributed by atoms with Crippen LogP contribution in [0.25, 0.3) is 10.4 Å². The number of allylic oxidation sites excluding steroid dienone is 1. The number of nitrogens with one attached hydrogen (secondary N) is 6. The Balaban J connectivity index is 1.04. The van der Waals surface area contributed by atoms with Crippen molar-refractivity contribution in [2.24, 2.45) is 10.5 Å². The van der Waals surface area contributed by atoms with Gasteiger partial charge in [-0.3, -0.25) is 14.4 Å². The lowest BCUT2D eigenvalue weighted by molar-refractivity contribution is -0.130. The van der Waals surface area contributed by atoms with Crippen LogP contribution < -0.4 is 31.9 Å². The third-order valence-corrected chi connectivity index (χ3v) is 10.6. The van der Waals surface area contributed by atoms with Crippen LogP contribution in [0.2, 0.25) is 0 Å². The van der Waals surface area contributed by atoms with E-state index in [1.807, 2.05) is 24.8 Å². The first-order valence-corrected chi connectivity index (χ1v) is 18.1. The quantitative estimate of drug-likeness (QED) is 0.0333. The van der Waals surface area contributed by atoms with Gasteiger partial charge in [-0.05, 0) is 68.7 Å².